The van der Waals surface area contributed by atoms with Crippen LogP contribution in [-0.4, -0.2) is 29.3 Å². The smallest absolute Gasteiger partial charge is 0.246 e. The van der Waals surface area contributed by atoms with Crippen LogP contribution < -0.4 is 5.32 Å². The Morgan fingerprint density at radius 2 is 2.19 bits per heavy atom. The lowest BCUT2D eigenvalue weighted by Gasteiger charge is -2.22. The molecule has 0 spiro atoms. The molecule has 2 aromatic heterocycles. The van der Waals surface area contributed by atoms with Gasteiger partial charge in [0, 0.05) is 17.3 Å². The van der Waals surface area contributed by atoms with Gasteiger partial charge in [0.2, 0.25) is 5.91 Å². The van der Waals surface area contributed by atoms with Gasteiger partial charge in [-0.25, -0.2) is 0 Å². The topological polar surface area (TPSA) is 45.2 Å². The fraction of sp³-hybridized carbons (Fsp3) is 0.200. The molecule has 0 aliphatic carbocycles. The van der Waals surface area contributed by atoms with E-state index in [1.54, 1.807) is 11.3 Å². The monoisotopic (exact) mass is 317 g/mol. The lowest BCUT2D eigenvalue weighted by Crippen LogP contribution is -2.31. The molecule has 0 bridgehead atoms. The number of hydrogen-bond acceptors (Lipinski definition) is 5. The third-order valence-corrected chi connectivity index (χ3v) is 4.71. The van der Waals surface area contributed by atoms with Gasteiger partial charge in [0.1, 0.15) is 6.04 Å². The molecule has 0 saturated carbocycles. The van der Waals surface area contributed by atoms with Crippen LogP contribution in [0.25, 0.3) is 10.1 Å². The van der Waals surface area contributed by atoms with Crippen LogP contribution in [-0.2, 0) is 4.79 Å². The molecule has 3 rings (SSSR count). The molecule has 0 aliphatic rings. The van der Waals surface area contributed by atoms with Gasteiger partial charge < -0.3 is 5.32 Å². The molecule has 1 amide bonds. The van der Waals surface area contributed by atoms with Crippen molar-refractivity contribution < 1.29 is 4.79 Å². The Morgan fingerprint density at radius 3 is 2.90 bits per heavy atom. The normalized spacial score (nSPS) is 12.7. The molecule has 0 radical (unpaired) electrons. The number of thiophene rings is 1. The Bertz CT molecular complexity index is 749. The van der Waals surface area contributed by atoms with E-state index in [0.29, 0.717) is 0 Å². The van der Waals surface area contributed by atoms with E-state index in [1.165, 1.54) is 11.5 Å². The summed E-state index contributed by atoms with van der Waals surface area (Å²) < 4.78 is 5.22. The maximum Gasteiger partial charge on any atom is 0.246 e. The number of amides is 1. The third-order valence-electron chi connectivity index (χ3n) is 3.25. The molecule has 1 unspecified atom stereocenters. The number of hydrogen-bond donors (Lipinski definition) is 1. The number of likely N-dealkylation sites (N-methyl/N-ethyl adjacent to an activating group) is 1. The van der Waals surface area contributed by atoms with Gasteiger partial charge in [0.05, 0.1) is 4.70 Å². The first kappa shape index (κ1) is 14.2. The Kier molecular flexibility index (Phi) is 4.01. The van der Waals surface area contributed by atoms with E-state index in [1.807, 2.05) is 60.2 Å². The van der Waals surface area contributed by atoms with Crippen LogP contribution in [0.4, 0.5) is 5.69 Å². The Hall–Kier alpha value is -1.76. The van der Waals surface area contributed by atoms with Gasteiger partial charge in [-0.1, -0.05) is 0 Å². The van der Waals surface area contributed by atoms with Crippen molar-refractivity contribution in [2.24, 2.45) is 0 Å². The summed E-state index contributed by atoms with van der Waals surface area (Å²) in [7, 11) is 3.82. The van der Waals surface area contributed by atoms with Crippen molar-refractivity contribution in [1.82, 2.24) is 9.27 Å². The summed E-state index contributed by atoms with van der Waals surface area (Å²) >= 11 is 3.03. The van der Waals surface area contributed by atoms with E-state index < -0.39 is 0 Å². The number of aromatic nitrogens is 1. The average Bonchev–Trinajstić information content (AvgIpc) is 3.08. The van der Waals surface area contributed by atoms with Gasteiger partial charge >= 0.3 is 0 Å². The van der Waals surface area contributed by atoms with Crippen LogP contribution in [0.3, 0.4) is 0 Å². The van der Waals surface area contributed by atoms with E-state index in [0.717, 1.165) is 21.3 Å². The number of anilines is 1. The minimum atomic E-state index is -0.284. The maximum absolute atomic E-state index is 12.6. The second-order valence-corrected chi connectivity index (χ2v) is 6.60. The summed E-state index contributed by atoms with van der Waals surface area (Å²) in [5.41, 5.74) is 1.82. The first-order chi connectivity index (χ1) is 10.1. The molecule has 6 heteroatoms. The van der Waals surface area contributed by atoms with Gasteiger partial charge in [0.15, 0.2) is 0 Å². The second-order valence-electron chi connectivity index (χ2n) is 4.99. The van der Waals surface area contributed by atoms with Gasteiger partial charge in [-0.05, 0) is 66.2 Å². The molecular weight excluding hydrogens is 302 g/mol. The van der Waals surface area contributed by atoms with Crippen LogP contribution >= 0.6 is 22.9 Å². The van der Waals surface area contributed by atoms with E-state index in [4.69, 9.17) is 0 Å². The number of nitrogens with one attached hydrogen (secondary N) is 1. The zero-order valence-corrected chi connectivity index (χ0v) is 13.4. The molecule has 0 saturated heterocycles. The van der Waals surface area contributed by atoms with E-state index in [-0.39, 0.29) is 11.9 Å². The van der Waals surface area contributed by atoms with Crippen LogP contribution in [0.2, 0.25) is 0 Å². The minimum absolute atomic E-state index is 0.0257. The quantitative estimate of drug-likeness (QED) is 0.799. The summed E-state index contributed by atoms with van der Waals surface area (Å²) in [6.07, 6.45) is 1.83. The third kappa shape index (κ3) is 2.97. The predicted octanol–water partition coefficient (Wildman–Crippen LogP) is 3.60. The van der Waals surface area contributed by atoms with Crippen molar-refractivity contribution >= 4 is 44.5 Å². The molecule has 0 fully saturated rings. The molecule has 2 heterocycles. The fourth-order valence-electron chi connectivity index (χ4n) is 2.26. The van der Waals surface area contributed by atoms with E-state index in [2.05, 4.69) is 9.69 Å². The predicted molar refractivity (Wildman–Crippen MR) is 89.0 cm³/mol. The van der Waals surface area contributed by atoms with Gasteiger partial charge in [-0.2, -0.15) is 15.7 Å². The van der Waals surface area contributed by atoms with Gasteiger partial charge in [-0.15, -0.1) is 0 Å². The maximum atomic E-state index is 12.6. The minimum Gasteiger partial charge on any atom is -0.324 e. The zero-order chi connectivity index (χ0) is 14.8. The van der Waals surface area contributed by atoms with Crippen molar-refractivity contribution in [3.8, 4) is 0 Å². The van der Waals surface area contributed by atoms with E-state index >= 15 is 0 Å². The summed E-state index contributed by atoms with van der Waals surface area (Å²) in [6.45, 7) is 0. The second kappa shape index (κ2) is 5.93. The average molecular weight is 317 g/mol. The molecule has 21 heavy (non-hydrogen) atoms. The largest absolute Gasteiger partial charge is 0.324 e. The van der Waals surface area contributed by atoms with Crippen LogP contribution in [0, 0.1) is 0 Å². The molecular formula is C15H15N3OS2. The van der Waals surface area contributed by atoms with E-state index in [9.17, 15) is 4.79 Å². The first-order valence-electron chi connectivity index (χ1n) is 6.49. The number of benzene rings is 1. The number of rotatable bonds is 4. The number of nitrogens with zero attached hydrogens (tertiary/aromatic N) is 2. The SMILES string of the molecule is CN(C)C(C(=O)Nc1ccc2cnsc2c1)c1ccsc1. The summed E-state index contributed by atoms with van der Waals surface area (Å²) in [5, 5.41) is 8.09. The highest BCUT2D eigenvalue weighted by Crippen LogP contribution is 2.25. The highest BCUT2D eigenvalue weighted by molar-refractivity contribution is 7.13. The molecule has 4 nitrogen and oxygen atoms in total. The lowest BCUT2D eigenvalue weighted by molar-refractivity contribution is -0.120. The molecule has 0 aliphatic heterocycles. The van der Waals surface area contributed by atoms with Crippen molar-refractivity contribution in [2.45, 2.75) is 6.04 Å². The standard InChI is InChI=1S/C15H15N3OS2/c1-18(2)14(11-5-6-20-9-11)15(19)17-12-4-3-10-8-16-21-13(10)7-12/h3-9,14H,1-2H3,(H,17,19). The van der Waals surface area contributed by atoms with Crippen molar-refractivity contribution in [2.75, 3.05) is 19.4 Å². The number of carbonyl (C=O) groups excluding carboxylic acids is 1. The van der Waals surface area contributed by atoms with Gasteiger partial charge in [-0.3, -0.25) is 9.69 Å². The van der Waals surface area contributed by atoms with Crippen LogP contribution in [0.15, 0.2) is 41.2 Å². The van der Waals surface area contributed by atoms with Crippen molar-refractivity contribution in [3.63, 3.8) is 0 Å². The number of carbonyl (C=O) groups is 1. The molecule has 3 aromatic rings. The van der Waals surface area contributed by atoms with Crippen molar-refractivity contribution in [1.29, 1.82) is 0 Å². The molecule has 108 valence electrons. The summed E-state index contributed by atoms with van der Waals surface area (Å²) in [4.78, 5) is 14.5. The van der Waals surface area contributed by atoms with Gasteiger partial charge in [0.25, 0.3) is 0 Å². The molecule has 1 aromatic carbocycles. The Labute approximate surface area is 131 Å². The lowest BCUT2D eigenvalue weighted by atomic mass is 10.1. The first-order valence-corrected chi connectivity index (χ1v) is 8.20. The van der Waals surface area contributed by atoms with Crippen molar-refractivity contribution in [3.05, 3.63) is 46.8 Å². The number of fused-ring (bicyclic) bond motifs is 1. The zero-order valence-electron chi connectivity index (χ0n) is 11.7. The summed E-state index contributed by atoms with van der Waals surface area (Å²) in [6, 6.07) is 7.55. The van der Waals surface area contributed by atoms with Crippen LogP contribution in [0.1, 0.15) is 11.6 Å². The Balaban J connectivity index is 1.83. The fourth-order valence-corrected chi connectivity index (χ4v) is 3.63. The highest BCUT2D eigenvalue weighted by atomic mass is 32.1. The molecule has 1 atom stereocenters. The molecule has 1 N–H and O–H groups in total. The summed E-state index contributed by atoms with van der Waals surface area (Å²) in [5.74, 6) is -0.0257. The Morgan fingerprint density at radius 1 is 1.33 bits per heavy atom. The highest BCUT2D eigenvalue weighted by Gasteiger charge is 2.23. The van der Waals surface area contributed by atoms with Crippen LogP contribution in [0.5, 0.6) is 0 Å².